The van der Waals surface area contributed by atoms with Crippen LogP contribution in [0.15, 0.2) is 0 Å². The normalized spacial score (nSPS) is 44.9. The highest BCUT2D eigenvalue weighted by molar-refractivity contribution is 5.87. The van der Waals surface area contributed by atoms with Gasteiger partial charge in [-0.15, -0.1) is 0 Å². The third kappa shape index (κ3) is 0.707. The van der Waals surface area contributed by atoms with Crippen molar-refractivity contribution in [2.24, 2.45) is 0 Å². The number of methoxy groups -OCH3 is 1. The molecule has 2 heterocycles. The Bertz CT molecular complexity index is 166. The lowest BCUT2D eigenvalue weighted by molar-refractivity contribution is -0.126. The molecule has 2 fully saturated rings. The van der Waals surface area contributed by atoms with Crippen molar-refractivity contribution in [3.63, 3.8) is 0 Å². The molecule has 0 unspecified atom stereocenters. The summed E-state index contributed by atoms with van der Waals surface area (Å²) in [4.78, 5) is 11.0. The van der Waals surface area contributed by atoms with Crippen LogP contribution in [0.25, 0.3) is 0 Å². The van der Waals surface area contributed by atoms with Crippen LogP contribution in [0.1, 0.15) is 12.8 Å². The van der Waals surface area contributed by atoms with Crippen molar-refractivity contribution in [3.05, 3.63) is 0 Å². The van der Waals surface area contributed by atoms with Gasteiger partial charge in [0.25, 0.3) is 0 Å². The Morgan fingerprint density at radius 2 is 2.50 bits per heavy atom. The Morgan fingerprint density at radius 1 is 1.70 bits per heavy atom. The highest BCUT2D eigenvalue weighted by Gasteiger charge is 2.47. The van der Waals surface area contributed by atoms with Crippen LogP contribution in [-0.2, 0) is 14.3 Å². The SMILES string of the molecule is CO[C@@H]1C[C@@H]2CC(=O)[C@H]1O2. The first-order valence-electron chi connectivity index (χ1n) is 3.52. The molecule has 3 nitrogen and oxygen atoms in total. The van der Waals surface area contributed by atoms with Crippen molar-refractivity contribution in [1.29, 1.82) is 0 Å². The van der Waals surface area contributed by atoms with Gasteiger partial charge in [0, 0.05) is 20.0 Å². The number of carbonyl (C=O) groups excluding carboxylic acids is 1. The number of ether oxygens (including phenoxy) is 2. The number of ketones is 1. The van der Waals surface area contributed by atoms with Gasteiger partial charge in [-0.3, -0.25) is 4.79 Å². The first kappa shape index (κ1) is 6.31. The molecule has 0 spiro atoms. The zero-order valence-electron chi connectivity index (χ0n) is 5.87. The summed E-state index contributed by atoms with van der Waals surface area (Å²) in [5, 5.41) is 0. The molecule has 2 bridgehead atoms. The molecule has 2 rings (SSSR count). The zero-order chi connectivity index (χ0) is 7.14. The molecule has 0 saturated carbocycles. The lowest BCUT2D eigenvalue weighted by Gasteiger charge is -2.14. The predicted molar refractivity (Wildman–Crippen MR) is 33.7 cm³/mol. The van der Waals surface area contributed by atoms with Gasteiger partial charge < -0.3 is 9.47 Å². The maximum Gasteiger partial charge on any atom is 0.166 e. The molecule has 2 aliphatic heterocycles. The number of Topliss-reactive ketones (excluding diaryl/α,β-unsaturated/α-hetero) is 1. The van der Waals surface area contributed by atoms with Gasteiger partial charge in [-0.05, 0) is 0 Å². The summed E-state index contributed by atoms with van der Waals surface area (Å²) in [6, 6.07) is 0. The van der Waals surface area contributed by atoms with E-state index in [2.05, 4.69) is 0 Å². The molecule has 0 aromatic heterocycles. The summed E-state index contributed by atoms with van der Waals surface area (Å²) in [7, 11) is 1.63. The molecular weight excluding hydrogens is 132 g/mol. The Balaban J connectivity index is 2.12. The average molecular weight is 142 g/mol. The van der Waals surface area contributed by atoms with E-state index in [9.17, 15) is 4.79 Å². The fraction of sp³-hybridized carbons (Fsp3) is 0.857. The van der Waals surface area contributed by atoms with Gasteiger partial charge in [0.1, 0.15) is 6.10 Å². The van der Waals surface area contributed by atoms with Gasteiger partial charge in [-0.1, -0.05) is 0 Å². The van der Waals surface area contributed by atoms with Gasteiger partial charge in [-0.2, -0.15) is 0 Å². The van der Waals surface area contributed by atoms with Crippen LogP contribution in [0.3, 0.4) is 0 Å². The van der Waals surface area contributed by atoms with Crippen molar-refractivity contribution in [3.8, 4) is 0 Å². The van der Waals surface area contributed by atoms with Crippen LogP contribution in [0, 0.1) is 0 Å². The topological polar surface area (TPSA) is 35.5 Å². The van der Waals surface area contributed by atoms with Crippen LogP contribution in [0.2, 0.25) is 0 Å². The minimum atomic E-state index is -0.241. The predicted octanol–water partition coefficient (Wildman–Crippen LogP) is 0.132. The first-order chi connectivity index (χ1) is 4.81. The molecule has 2 aliphatic rings. The van der Waals surface area contributed by atoms with Crippen molar-refractivity contribution in [2.45, 2.75) is 31.2 Å². The minimum Gasteiger partial charge on any atom is -0.378 e. The van der Waals surface area contributed by atoms with E-state index in [4.69, 9.17) is 9.47 Å². The fourth-order valence-electron chi connectivity index (χ4n) is 1.71. The van der Waals surface area contributed by atoms with Crippen molar-refractivity contribution in [1.82, 2.24) is 0 Å². The summed E-state index contributed by atoms with van der Waals surface area (Å²) in [6.45, 7) is 0. The number of rotatable bonds is 1. The Kier molecular flexibility index (Phi) is 1.28. The van der Waals surface area contributed by atoms with Crippen LogP contribution in [-0.4, -0.2) is 31.2 Å². The molecule has 56 valence electrons. The highest BCUT2D eigenvalue weighted by Crippen LogP contribution is 2.33. The summed E-state index contributed by atoms with van der Waals surface area (Å²) in [5.41, 5.74) is 0. The van der Waals surface area contributed by atoms with E-state index in [-0.39, 0.29) is 24.1 Å². The second-order valence-corrected chi connectivity index (χ2v) is 2.86. The molecule has 0 N–H and O–H groups in total. The largest absolute Gasteiger partial charge is 0.378 e. The van der Waals surface area contributed by atoms with E-state index < -0.39 is 0 Å². The molecule has 0 aliphatic carbocycles. The standard InChI is InChI=1S/C7H10O3/c1-9-6-3-4-2-5(8)7(6)10-4/h4,6-7H,2-3H2,1H3/t4-,6+,7+/m0/s1. The van der Waals surface area contributed by atoms with Gasteiger partial charge >= 0.3 is 0 Å². The van der Waals surface area contributed by atoms with Crippen LogP contribution < -0.4 is 0 Å². The quantitative estimate of drug-likeness (QED) is 0.522. The van der Waals surface area contributed by atoms with Crippen LogP contribution in [0.4, 0.5) is 0 Å². The first-order valence-corrected chi connectivity index (χ1v) is 3.52. The Morgan fingerprint density at radius 3 is 2.90 bits per heavy atom. The molecule has 0 aromatic carbocycles. The van der Waals surface area contributed by atoms with Crippen molar-refractivity contribution >= 4 is 5.78 Å². The maximum atomic E-state index is 11.0. The van der Waals surface area contributed by atoms with E-state index in [0.717, 1.165) is 6.42 Å². The Hall–Kier alpha value is -0.410. The van der Waals surface area contributed by atoms with Crippen molar-refractivity contribution in [2.75, 3.05) is 7.11 Å². The number of fused-ring (bicyclic) bond motifs is 2. The lowest BCUT2D eigenvalue weighted by Crippen LogP contribution is -2.31. The number of hydrogen-bond donors (Lipinski definition) is 0. The van der Waals surface area contributed by atoms with E-state index in [0.29, 0.717) is 6.42 Å². The molecular formula is C7H10O3. The Labute approximate surface area is 59.3 Å². The molecule has 0 radical (unpaired) electrons. The van der Waals surface area contributed by atoms with Gasteiger partial charge in [0.05, 0.1) is 12.2 Å². The summed E-state index contributed by atoms with van der Waals surface area (Å²) in [5.74, 6) is 0.211. The number of carbonyl (C=O) groups is 1. The third-order valence-electron chi connectivity index (χ3n) is 2.22. The van der Waals surface area contributed by atoms with Crippen LogP contribution in [0.5, 0.6) is 0 Å². The second kappa shape index (κ2) is 2.04. The van der Waals surface area contributed by atoms with Gasteiger partial charge in [0.2, 0.25) is 0 Å². The lowest BCUT2D eigenvalue weighted by atomic mass is 9.97. The zero-order valence-corrected chi connectivity index (χ0v) is 5.87. The van der Waals surface area contributed by atoms with Gasteiger partial charge in [0.15, 0.2) is 5.78 Å². The molecule has 0 amide bonds. The molecule has 3 atom stereocenters. The molecule has 0 aromatic rings. The van der Waals surface area contributed by atoms with E-state index in [1.807, 2.05) is 0 Å². The van der Waals surface area contributed by atoms with E-state index in [1.165, 1.54) is 0 Å². The summed E-state index contributed by atoms with van der Waals surface area (Å²) >= 11 is 0. The summed E-state index contributed by atoms with van der Waals surface area (Å²) in [6.07, 6.45) is 1.45. The fourth-order valence-corrected chi connectivity index (χ4v) is 1.71. The molecule has 2 saturated heterocycles. The summed E-state index contributed by atoms with van der Waals surface area (Å²) < 4.78 is 10.4. The molecule has 3 heteroatoms. The second-order valence-electron chi connectivity index (χ2n) is 2.86. The number of hydrogen-bond acceptors (Lipinski definition) is 3. The maximum absolute atomic E-state index is 11.0. The van der Waals surface area contributed by atoms with Crippen molar-refractivity contribution < 1.29 is 14.3 Å². The molecule has 10 heavy (non-hydrogen) atoms. The smallest absolute Gasteiger partial charge is 0.166 e. The van der Waals surface area contributed by atoms with Crippen LogP contribution >= 0.6 is 0 Å². The van der Waals surface area contributed by atoms with E-state index >= 15 is 0 Å². The minimum absolute atomic E-state index is 0.0336. The third-order valence-corrected chi connectivity index (χ3v) is 2.22. The van der Waals surface area contributed by atoms with Gasteiger partial charge in [-0.25, -0.2) is 0 Å². The highest BCUT2D eigenvalue weighted by atomic mass is 16.6. The van der Waals surface area contributed by atoms with E-state index in [1.54, 1.807) is 7.11 Å². The monoisotopic (exact) mass is 142 g/mol. The average Bonchev–Trinajstić information content (AvgIpc) is 2.44.